The van der Waals surface area contributed by atoms with E-state index in [0.717, 1.165) is 48.2 Å². The molecule has 0 amide bonds. The molecule has 4 rings (SSSR count). The zero-order chi connectivity index (χ0) is 17.8. The second-order valence-electron chi connectivity index (χ2n) is 7.37. The van der Waals surface area contributed by atoms with E-state index < -0.39 is 0 Å². The monoisotopic (exact) mass is 356 g/mol. The van der Waals surface area contributed by atoms with Crippen molar-refractivity contribution in [2.24, 2.45) is 5.92 Å². The van der Waals surface area contributed by atoms with Crippen LogP contribution in [0.1, 0.15) is 38.5 Å². The lowest BCUT2D eigenvalue weighted by atomic mass is 9.89. The Morgan fingerprint density at radius 1 is 1.15 bits per heavy atom. The Balaban J connectivity index is 1.61. The molecule has 1 aromatic heterocycles. The second-order valence-corrected chi connectivity index (χ2v) is 7.37. The van der Waals surface area contributed by atoms with Gasteiger partial charge in [-0.05, 0) is 37.0 Å². The lowest BCUT2D eigenvalue weighted by Crippen LogP contribution is -2.17. The molecule has 140 valence electrons. The van der Waals surface area contributed by atoms with Crippen molar-refractivity contribution >= 4 is 0 Å². The van der Waals surface area contributed by atoms with Gasteiger partial charge in [-0.1, -0.05) is 19.3 Å². The van der Waals surface area contributed by atoms with E-state index in [1.165, 1.54) is 32.1 Å². The van der Waals surface area contributed by atoms with E-state index in [-0.39, 0.29) is 6.10 Å². The van der Waals surface area contributed by atoms with Gasteiger partial charge in [-0.15, -0.1) is 0 Å². The lowest BCUT2D eigenvalue weighted by molar-refractivity contribution is 0.141. The van der Waals surface area contributed by atoms with Crippen LogP contribution in [-0.2, 0) is 11.3 Å². The molecule has 2 aliphatic rings. The van der Waals surface area contributed by atoms with Gasteiger partial charge in [0.2, 0.25) is 0 Å². The van der Waals surface area contributed by atoms with Gasteiger partial charge in [0.1, 0.15) is 17.6 Å². The second kappa shape index (κ2) is 8.12. The number of hydrogen-bond acceptors (Lipinski definition) is 4. The van der Waals surface area contributed by atoms with Crippen LogP contribution in [0.4, 0.5) is 0 Å². The zero-order valence-corrected chi connectivity index (χ0v) is 15.5. The van der Waals surface area contributed by atoms with Crippen molar-refractivity contribution in [2.45, 2.75) is 51.2 Å². The van der Waals surface area contributed by atoms with Crippen LogP contribution in [0.2, 0.25) is 0 Å². The van der Waals surface area contributed by atoms with Crippen molar-refractivity contribution in [1.29, 1.82) is 0 Å². The normalized spacial score (nSPS) is 21.0. The average Bonchev–Trinajstić information content (AvgIpc) is 3.35. The maximum absolute atomic E-state index is 6.27. The SMILES string of the molecule is COc1ccc(-c2ccnn2CC2CCCCC2)c(O[C@H]2CCOC2)c1. The predicted molar refractivity (Wildman–Crippen MR) is 101 cm³/mol. The fourth-order valence-corrected chi connectivity index (χ4v) is 4.05. The van der Waals surface area contributed by atoms with Crippen LogP contribution in [0.5, 0.6) is 11.5 Å². The molecule has 0 unspecified atom stereocenters. The van der Waals surface area contributed by atoms with E-state index >= 15 is 0 Å². The van der Waals surface area contributed by atoms with Crippen molar-refractivity contribution in [2.75, 3.05) is 20.3 Å². The third-order valence-electron chi connectivity index (χ3n) is 5.52. The first-order valence-corrected chi connectivity index (χ1v) is 9.78. The third kappa shape index (κ3) is 3.88. The molecule has 0 spiro atoms. The van der Waals surface area contributed by atoms with Crippen LogP contribution in [-0.4, -0.2) is 36.2 Å². The molecule has 2 heterocycles. The molecular formula is C21H28N2O3. The number of aromatic nitrogens is 2. The van der Waals surface area contributed by atoms with E-state index in [4.69, 9.17) is 14.2 Å². The average molecular weight is 356 g/mol. The summed E-state index contributed by atoms with van der Waals surface area (Å²) >= 11 is 0. The summed E-state index contributed by atoms with van der Waals surface area (Å²) in [6.45, 7) is 2.40. The number of ether oxygens (including phenoxy) is 3. The molecule has 2 fully saturated rings. The van der Waals surface area contributed by atoms with Crippen LogP contribution in [0.25, 0.3) is 11.3 Å². The van der Waals surface area contributed by atoms with Gasteiger partial charge in [0.05, 0.1) is 26.0 Å². The molecule has 5 nitrogen and oxygen atoms in total. The van der Waals surface area contributed by atoms with E-state index in [9.17, 15) is 0 Å². The van der Waals surface area contributed by atoms with Crippen molar-refractivity contribution in [3.05, 3.63) is 30.5 Å². The summed E-state index contributed by atoms with van der Waals surface area (Å²) in [5, 5.41) is 4.61. The largest absolute Gasteiger partial charge is 0.497 e. The van der Waals surface area contributed by atoms with Crippen molar-refractivity contribution in [1.82, 2.24) is 9.78 Å². The molecular weight excluding hydrogens is 328 g/mol. The Morgan fingerprint density at radius 3 is 2.81 bits per heavy atom. The van der Waals surface area contributed by atoms with Crippen LogP contribution in [0.3, 0.4) is 0 Å². The van der Waals surface area contributed by atoms with E-state index in [1.807, 2.05) is 18.3 Å². The number of rotatable bonds is 6. The molecule has 0 N–H and O–H groups in total. The van der Waals surface area contributed by atoms with Gasteiger partial charge in [0.15, 0.2) is 0 Å². The molecule has 1 saturated heterocycles. The molecule has 0 radical (unpaired) electrons. The molecule has 1 aliphatic heterocycles. The first-order chi connectivity index (χ1) is 12.8. The highest BCUT2D eigenvalue weighted by atomic mass is 16.5. The fraction of sp³-hybridized carbons (Fsp3) is 0.571. The van der Waals surface area contributed by atoms with E-state index in [0.29, 0.717) is 6.61 Å². The van der Waals surface area contributed by atoms with Crippen LogP contribution in [0, 0.1) is 5.92 Å². The highest BCUT2D eigenvalue weighted by Gasteiger charge is 2.22. The van der Waals surface area contributed by atoms with E-state index in [2.05, 4.69) is 21.9 Å². The molecule has 26 heavy (non-hydrogen) atoms. The molecule has 1 aliphatic carbocycles. The predicted octanol–water partition coefficient (Wildman–Crippen LogP) is 4.31. The molecule has 5 heteroatoms. The van der Waals surface area contributed by atoms with Crippen LogP contribution < -0.4 is 9.47 Å². The van der Waals surface area contributed by atoms with Gasteiger partial charge in [-0.2, -0.15) is 5.10 Å². The number of methoxy groups -OCH3 is 1. The summed E-state index contributed by atoms with van der Waals surface area (Å²) < 4.78 is 19.3. The molecule has 1 aromatic carbocycles. The lowest BCUT2D eigenvalue weighted by Gasteiger charge is -2.23. The van der Waals surface area contributed by atoms with Crippen molar-refractivity contribution in [3.8, 4) is 22.8 Å². The van der Waals surface area contributed by atoms with Gasteiger partial charge in [0.25, 0.3) is 0 Å². The summed E-state index contributed by atoms with van der Waals surface area (Å²) in [7, 11) is 1.69. The summed E-state index contributed by atoms with van der Waals surface area (Å²) in [4.78, 5) is 0. The van der Waals surface area contributed by atoms with Crippen molar-refractivity contribution in [3.63, 3.8) is 0 Å². The summed E-state index contributed by atoms with van der Waals surface area (Å²) in [5.74, 6) is 2.39. The van der Waals surface area contributed by atoms with E-state index in [1.54, 1.807) is 7.11 Å². The number of nitrogens with zero attached hydrogens (tertiary/aromatic N) is 2. The minimum absolute atomic E-state index is 0.107. The summed E-state index contributed by atoms with van der Waals surface area (Å²) in [6.07, 6.45) is 9.62. The summed E-state index contributed by atoms with van der Waals surface area (Å²) in [6, 6.07) is 8.14. The molecule has 1 saturated carbocycles. The maximum Gasteiger partial charge on any atom is 0.132 e. The standard InChI is InChI=1S/C21H28N2O3/c1-24-17-7-8-19(21(13-17)26-18-10-12-25-15-18)20-9-11-22-23(20)14-16-5-3-2-4-6-16/h7-9,11,13,16,18H,2-6,10,12,14-15H2,1H3/t18-/m0/s1. The Hall–Kier alpha value is -2.01. The first kappa shape index (κ1) is 17.4. The highest BCUT2D eigenvalue weighted by Crippen LogP contribution is 2.35. The van der Waals surface area contributed by atoms with Gasteiger partial charge in [-0.25, -0.2) is 0 Å². The Kier molecular flexibility index (Phi) is 5.44. The van der Waals surface area contributed by atoms with Crippen molar-refractivity contribution < 1.29 is 14.2 Å². The summed E-state index contributed by atoms with van der Waals surface area (Å²) in [5.41, 5.74) is 2.19. The van der Waals surface area contributed by atoms with Crippen LogP contribution >= 0.6 is 0 Å². The zero-order valence-electron chi connectivity index (χ0n) is 15.5. The molecule has 0 bridgehead atoms. The fourth-order valence-electron chi connectivity index (χ4n) is 4.05. The minimum Gasteiger partial charge on any atom is -0.497 e. The quantitative estimate of drug-likeness (QED) is 0.774. The number of hydrogen-bond donors (Lipinski definition) is 0. The Bertz CT molecular complexity index is 716. The smallest absolute Gasteiger partial charge is 0.132 e. The number of benzene rings is 1. The van der Waals surface area contributed by atoms with Gasteiger partial charge >= 0.3 is 0 Å². The molecule has 1 atom stereocenters. The minimum atomic E-state index is 0.107. The van der Waals surface area contributed by atoms with Gasteiger partial charge in [0, 0.05) is 30.8 Å². The highest BCUT2D eigenvalue weighted by molar-refractivity contribution is 5.68. The Morgan fingerprint density at radius 2 is 2.04 bits per heavy atom. The van der Waals surface area contributed by atoms with Crippen LogP contribution in [0.15, 0.2) is 30.5 Å². The van der Waals surface area contributed by atoms with Gasteiger partial charge < -0.3 is 14.2 Å². The topological polar surface area (TPSA) is 45.5 Å². The Labute approximate surface area is 155 Å². The first-order valence-electron chi connectivity index (χ1n) is 9.78. The third-order valence-corrected chi connectivity index (χ3v) is 5.52. The molecule has 2 aromatic rings. The maximum atomic E-state index is 6.27. The van der Waals surface area contributed by atoms with Gasteiger partial charge in [-0.3, -0.25) is 4.68 Å².